The van der Waals surface area contributed by atoms with Crippen LogP contribution in [0.25, 0.3) is 0 Å². The van der Waals surface area contributed by atoms with Gasteiger partial charge >= 0.3 is 0 Å². The van der Waals surface area contributed by atoms with Gasteiger partial charge in [-0.2, -0.15) is 0 Å². The summed E-state index contributed by atoms with van der Waals surface area (Å²) >= 11 is 1.80. The van der Waals surface area contributed by atoms with Crippen LogP contribution in [0.5, 0.6) is 0 Å². The van der Waals surface area contributed by atoms with Gasteiger partial charge in [-0.1, -0.05) is 13.0 Å². The second kappa shape index (κ2) is 8.74. The number of hydrogen-bond acceptors (Lipinski definition) is 2. The van der Waals surface area contributed by atoms with Crippen LogP contribution in [-0.2, 0) is 6.42 Å². The molecule has 1 aromatic heterocycles. The summed E-state index contributed by atoms with van der Waals surface area (Å²) in [6.45, 7) is 7.09. The van der Waals surface area contributed by atoms with Crippen molar-refractivity contribution >= 4 is 41.3 Å². The molecule has 0 aromatic carbocycles. The van der Waals surface area contributed by atoms with Gasteiger partial charge in [0.05, 0.1) is 0 Å². The van der Waals surface area contributed by atoms with Crippen LogP contribution >= 0.6 is 35.3 Å². The van der Waals surface area contributed by atoms with Gasteiger partial charge in [-0.15, -0.1) is 35.3 Å². The number of halogens is 1. The Labute approximate surface area is 125 Å². The third-order valence-corrected chi connectivity index (χ3v) is 3.04. The number of thiophene rings is 1. The molecule has 3 N–H and O–H groups in total. The van der Waals surface area contributed by atoms with Gasteiger partial charge in [-0.05, 0) is 37.6 Å². The van der Waals surface area contributed by atoms with Crippen molar-refractivity contribution in [3.63, 3.8) is 0 Å². The molecule has 3 nitrogen and oxygen atoms in total. The second-order valence-corrected chi connectivity index (χ2v) is 5.45. The highest BCUT2D eigenvalue weighted by molar-refractivity contribution is 14.0. The normalized spacial score (nSPS) is 13.3. The quantitative estimate of drug-likeness (QED) is 0.478. The fourth-order valence-corrected chi connectivity index (χ4v) is 2.30. The van der Waals surface area contributed by atoms with Crippen molar-refractivity contribution in [2.45, 2.75) is 33.2 Å². The minimum Gasteiger partial charge on any atom is -0.370 e. The SMILES string of the molecule is CC(CN=C(N)NC(C)C)Cc1cccs1.I. The lowest BCUT2D eigenvalue weighted by Gasteiger charge is -2.10. The first kappa shape index (κ1) is 16.7. The summed E-state index contributed by atoms with van der Waals surface area (Å²) in [5.74, 6) is 1.08. The summed E-state index contributed by atoms with van der Waals surface area (Å²) in [6.07, 6.45) is 1.08. The molecule has 1 heterocycles. The number of guanidine groups is 1. The van der Waals surface area contributed by atoms with Gasteiger partial charge in [-0.3, -0.25) is 4.99 Å². The Hall–Kier alpha value is -0.300. The van der Waals surface area contributed by atoms with Crippen molar-refractivity contribution in [3.05, 3.63) is 22.4 Å². The number of hydrogen-bond donors (Lipinski definition) is 2. The summed E-state index contributed by atoms with van der Waals surface area (Å²) in [6, 6.07) is 4.60. The van der Waals surface area contributed by atoms with Gasteiger partial charge in [0.1, 0.15) is 0 Å². The minimum absolute atomic E-state index is 0. The molecule has 98 valence electrons. The van der Waals surface area contributed by atoms with E-state index in [1.54, 1.807) is 11.3 Å². The summed E-state index contributed by atoms with van der Waals surface area (Å²) in [5.41, 5.74) is 5.74. The van der Waals surface area contributed by atoms with E-state index in [0.717, 1.165) is 13.0 Å². The predicted octanol–water partition coefficient (Wildman–Crippen LogP) is 2.86. The number of rotatable bonds is 5. The maximum atomic E-state index is 5.74. The molecule has 5 heteroatoms. The van der Waals surface area contributed by atoms with E-state index in [-0.39, 0.29) is 24.0 Å². The van der Waals surface area contributed by atoms with E-state index in [4.69, 9.17) is 5.73 Å². The highest BCUT2D eigenvalue weighted by Crippen LogP contribution is 2.14. The smallest absolute Gasteiger partial charge is 0.188 e. The molecule has 0 amide bonds. The van der Waals surface area contributed by atoms with Crippen LogP contribution in [0.2, 0.25) is 0 Å². The highest BCUT2D eigenvalue weighted by Gasteiger charge is 2.04. The number of nitrogens with zero attached hydrogens (tertiary/aromatic N) is 1. The van der Waals surface area contributed by atoms with E-state index >= 15 is 0 Å². The predicted molar refractivity (Wildman–Crippen MR) is 87.4 cm³/mol. The Morgan fingerprint density at radius 3 is 2.71 bits per heavy atom. The number of nitrogens with one attached hydrogen (secondary N) is 1. The van der Waals surface area contributed by atoms with Gasteiger partial charge < -0.3 is 11.1 Å². The average molecular weight is 367 g/mol. The third kappa shape index (κ3) is 7.59. The third-order valence-electron chi connectivity index (χ3n) is 2.14. The fraction of sp³-hybridized carbons (Fsp3) is 0.583. The van der Waals surface area contributed by atoms with Crippen molar-refractivity contribution in [1.82, 2.24) is 5.32 Å². The largest absolute Gasteiger partial charge is 0.370 e. The molecule has 0 saturated carbocycles. The molecular weight excluding hydrogens is 345 g/mol. The van der Waals surface area contributed by atoms with E-state index in [9.17, 15) is 0 Å². The fourth-order valence-electron chi connectivity index (χ4n) is 1.43. The standard InChI is InChI=1S/C12H21N3S.HI/c1-9(2)15-12(13)14-8-10(3)7-11-5-4-6-16-11;/h4-6,9-10H,7-8H2,1-3H3,(H3,13,14,15);1H. The van der Waals surface area contributed by atoms with Crippen LogP contribution in [0.1, 0.15) is 25.6 Å². The molecule has 17 heavy (non-hydrogen) atoms. The van der Waals surface area contributed by atoms with Crippen LogP contribution in [0.3, 0.4) is 0 Å². The Bertz CT molecular complexity index is 323. The molecule has 0 aliphatic heterocycles. The molecule has 0 saturated heterocycles. The Balaban J connectivity index is 0.00000256. The van der Waals surface area contributed by atoms with Gasteiger partial charge in [0.15, 0.2) is 5.96 Å². The molecule has 0 radical (unpaired) electrons. The van der Waals surface area contributed by atoms with Crippen LogP contribution in [0.4, 0.5) is 0 Å². The lowest BCUT2D eigenvalue weighted by molar-refractivity contribution is 0.595. The van der Waals surface area contributed by atoms with Crippen molar-refractivity contribution in [2.75, 3.05) is 6.54 Å². The highest BCUT2D eigenvalue weighted by atomic mass is 127. The molecule has 1 aromatic rings. The zero-order chi connectivity index (χ0) is 12.0. The van der Waals surface area contributed by atoms with Crippen LogP contribution < -0.4 is 11.1 Å². The Kier molecular flexibility index (Phi) is 8.59. The van der Waals surface area contributed by atoms with Crippen molar-refractivity contribution in [1.29, 1.82) is 0 Å². The van der Waals surface area contributed by atoms with Gasteiger partial charge in [0, 0.05) is 17.5 Å². The van der Waals surface area contributed by atoms with Gasteiger partial charge in [0.25, 0.3) is 0 Å². The first-order valence-electron chi connectivity index (χ1n) is 5.66. The monoisotopic (exact) mass is 367 g/mol. The Morgan fingerprint density at radius 2 is 2.18 bits per heavy atom. The first-order chi connectivity index (χ1) is 7.58. The van der Waals surface area contributed by atoms with E-state index in [2.05, 4.69) is 48.6 Å². The average Bonchev–Trinajstić information content (AvgIpc) is 2.66. The maximum absolute atomic E-state index is 5.74. The van der Waals surface area contributed by atoms with Crippen molar-refractivity contribution < 1.29 is 0 Å². The van der Waals surface area contributed by atoms with Crippen LogP contribution in [-0.4, -0.2) is 18.5 Å². The zero-order valence-corrected chi connectivity index (χ0v) is 13.8. The van der Waals surface area contributed by atoms with Gasteiger partial charge in [-0.25, -0.2) is 0 Å². The second-order valence-electron chi connectivity index (χ2n) is 4.41. The minimum atomic E-state index is 0. The van der Waals surface area contributed by atoms with Gasteiger partial charge in [0.2, 0.25) is 0 Å². The zero-order valence-electron chi connectivity index (χ0n) is 10.6. The molecule has 0 bridgehead atoms. The molecule has 0 fully saturated rings. The summed E-state index contributed by atoms with van der Waals surface area (Å²) in [5, 5.41) is 5.20. The first-order valence-corrected chi connectivity index (χ1v) is 6.54. The van der Waals surface area contributed by atoms with Crippen molar-refractivity contribution in [2.24, 2.45) is 16.6 Å². The van der Waals surface area contributed by atoms with Crippen molar-refractivity contribution in [3.8, 4) is 0 Å². The van der Waals surface area contributed by atoms with E-state index < -0.39 is 0 Å². The van der Waals surface area contributed by atoms with Crippen LogP contribution in [0, 0.1) is 5.92 Å². The number of aliphatic imine (C=N–C) groups is 1. The lowest BCUT2D eigenvalue weighted by Crippen LogP contribution is -2.37. The molecule has 1 rings (SSSR count). The summed E-state index contributed by atoms with van der Waals surface area (Å²) in [7, 11) is 0. The van der Waals surface area contributed by atoms with E-state index in [1.807, 2.05) is 0 Å². The molecule has 0 spiro atoms. The Morgan fingerprint density at radius 1 is 1.47 bits per heavy atom. The van der Waals surface area contributed by atoms with Crippen LogP contribution in [0.15, 0.2) is 22.5 Å². The summed E-state index contributed by atoms with van der Waals surface area (Å²) in [4.78, 5) is 5.75. The maximum Gasteiger partial charge on any atom is 0.188 e. The molecule has 1 atom stereocenters. The molecule has 0 aliphatic rings. The molecule has 0 aliphatic carbocycles. The molecular formula is C12H22IN3S. The topological polar surface area (TPSA) is 50.4 Å². The van der Waals surface area contributed by atoms with E-state index in [0.29, 0.717) is 17.9 Å². The summed E-state index contributed by atoms with van der Waals surface area (Å²) < 4.78 is 0. The van der Waals surface area contributed by atoms with E-state index in [1.165, 1.54) is 4.88 Å². The molecule has 1 unspecified atom stereocenters. The number of nitrogens with two attached hydrogens (primary N) is 1. The lowest BCUT2D eigenvalue weighted by atomic mass is 10.1.